The highest BCUT2D eigenvalue weighted by molar-refractivity contribution is 5.79. The highest BCUT2D eigenvalue weighted by atomic mass is 15.3. The molecule has 3 atom stereocenters. The average Bonchev–Trinajstić information content (AvgIpc) is 2.78. The third-order valence-corrected chi connectivity index (χ3v) is 3.51. The van der Waals surface area contributed by atoms with Crippen molar-refractivity contribution in [3.8, 4) is 0 Å². The lowest BCUT2D eigenvalue weighted by Crippen LogP contribution is -2.48. The predicted octanol–water partition coefficient (Wildman–Crippen LogP) is 0.604. The van der Waals surface area contributed by atoms with Crippen molar-refractivity contribution >= 4 is 5.96 Å². The van der Waals surface area contributed by atoms with Gasteiger partial charge in [0, 0.05) is 12.6 Å². The second kappa shape index (κ2) is 4.17. The fourth-order valence-corrected chi connectivity index (χ4v) is 2.89. The summed E-state index contributed by atoms with van der Waals surface area (Å²) in [5, 5.41) is 3.41. The third-order valence-electron chi connectivity index (χ3n) is 3.51. The molecule has 3 unspecified atom stereocenters. The van der Waals surface area contributed by atoms with Crippen LogP contribution >= 0.6 is 0 Å². The number of guanidine groups is 1. The van der Waals surface area contributed by atoms with Crippen LogP contribution in [0, 0.1) is 11.8 Å². The molecule has 4 heteroatoms. The standard InChI is InChI=1S/C10H20N4/c1-2-12-10(14-11)13-9-6-7-3-4-8(9)5-7/h7-9H,2-6,11H2,1H3,(H2,12,13,14). The first-order valence-corrected chi connectivity index (χ1v) is 5.61. The molecule has 2 bridgehead atoms. The van der Waals surface area contributed by atoms with Crippen molar-refractivity contribution in [2.45, 2.75) is 38.6 Å². The van der Waals surface area contributed by atoms with Gasteiger partial charge < -0.3 is 5.32 Å². The van der Waals surface area contributed by atoms with Gasteiger partial charge in [0.1, 0.15) is 0 Å². The van der Waals surface area contributed by atoms with Crippen LogP contribution in [-0.2, 0) is 0 Å². The molecule has 0 radical (unpaired) electrons. The van der Waals surface area contributed by atoms with Gasteiger partial charge in [-0.3, -0.25) is 10.4 Å². The van der Waals surface area contributed by atoms with Gasteiger partial charge in [-0.15, -0.1) is 0 Å². The molecular formula is C10H20N4. The lowest BCUT2D eigenvalue weighted by atomic mass is 9.95. The summed E-state index contributed by atoms with van der Waals surface area (Å²) in [6.07, 6.45) is 5.52. The number of hydrogen-bond acceptors (Lipinski definition) is 2. The fraction of sp³-hybridized carbons (Fsp3) is 0.900. The Hall–Kier alpha value is -0.770. The highest BCUT2D eigenvalue weighted by Crippen LogP contribution is 2.44. The first-order valence-electron chi connectivity index (χ1n) is 5.61. The Morgan fingerprint density at radius 3 is 2.79 bits per heavy atom. The largest absolute Gasteiger partial charge is 0.352 e. The average molecular weight is 196 g/mol. The molecule has 2 aliphatic rings. The van der Waals surface area contributed by atoms with Crippen LogP contribution in [0.3, 0.4) is 0 Å². The van der Waals surface area contributed by atoms with Crippen molar-refractivity contribution in [3.05, 3.63) is 0 Å². The lowest BCUT2D eigenvalue weighted by Gasteiger charge is -2.24. The molecule has 2 aliphatic carbocycles. The van der Waals surface area contributed by atoms with E-state index in [4.69, 9.17) is 5.84 Å². The van der Waals surface area contributed by atoms with Gasteiger partial charge in [0.05, 0.1) is 0 Å². The summed E-state index contributed by atoms with van der Waals surface area (Å²) in [5.41, 5.74) is 2.63. The van der Waals surface area contributed by atoms with Crippen LogP contribution in [0.2, 0.25) is 0 Å². The summed E-state index contributed by atoms with van der Waals surface area (Å²) < 4.78 is 0. The van der Waals surface area contributed by atoms with E-state index >= 15 is 0 Å². The van der Waals surface area contributed by atoms with E-state index in [2.05, 4.69) is 15.7 Å². The molecule has 0 aromatic carbocycles. The number of nitrogens with zero attached hydrogens (tertiary/aromatic N) is 1. The number of nitrogens with one attached hydrogen (secondary N) is 2. The summed E-state index contributed by atoms with van der Waals surface area (Å²) >= 11 is 0. The molecule has 2 fully saturated rings. The maximum atomic E-state index is 5.39. The fourth-order valence-electron chi connectivity index (χ4n) is 2.89. The van der Waals surface area contributed by atoms with E-state index in [1.165, 1.54) is 25.7 Å². The molecule has 2 rings (SSSR count). The summed E-state index contributed by atoms with van der Waals surface area (Å²) in [5.74, 6) is 7.96. The maximum Gasteiger partial charge on any atom is 0.205 e. The number of aliphatic imine (C=N–C) groups is 1. The van der Waals surface area contributed by atoms with Crippen LogP contribution in [-0.4, -0.2) is 18.5 Å². The Balaban J connectivity index is 1.88. The van der Waals surface area contributed by atoms with Gasteiger partial charge in [-0.05, 0) is 38.0 Å². The van der Waals surface area contributed by atoms with E-state index in [-0.39, 0.29) is 0 Å². The Kier molecular flexibility index (Phi) is 2.91. The van der Waals surface area contributed by atoms with Crippen LogP contribution in [0.15, 0.2) is 4.99 Å². The Bertz CT molecular complexity index is 226. The van der Waals surface area contributed by atoms with Crippen molar-refractivity contribution in [1.29, 1.82) is 0 Å². The summed E-state index contributed by atoms with van der Waals surface area (Å²) in [7, 11) is 0. The Morgan fingerprint density at radius 2 is 2.29 bits per heavy atom. The Labute approximate surface area is 85.3 Å². The molecule has 0 saturated heterocycles. The minimum atomic E-state index is 0.607. The van der Waals surface area contributed by atoms with E-state index in [0.717, 1.165) is 24.3 Å². The van der Waals surface area contributed by atoms with Crippen LogP contribution in [0.4, 0.5) is 0 Å². The van der Waals surface area contributed by atoms with Crippen molar-refractivity contribution in [2.75, 3.05) is 6.54 Å². The highest BCUT2D eigenvalue weighted by Gasteiger charge is 2.39. The Morgan fingerprint density at radius 1 is 1.43 bits per heavy atom. The van der Waals surface area contributed by atoms with Crippen molar-refractivity contribution < 1.29 is 0 Å². The van der Waals surface area contributed by atoms with E-state index in [0.29, 0.717) is 6.04 Å². The summed E-state index contributed by atoms with van der Waals surface area (Å²) in [6, 6.07) is 0.607. The first-order chi connectivity index (χ1) is 6.83. The number of rotatable bonds is 2. The molecule has 2 saturated carbocycles. The monoisotopic (exact) mass is 196 g/mol. The first kappa shape index (κ1) is 9.77. The molecule has 0 aromatic heterocycles. The van der Waals surface area contributed by atoms with Gasteiger partial charge in [-0.25, -0.2) is 5.84 Å². The molecule has 14 heavy (non-hydrogen) atoms. The van der Waals surface area contributed by atoms with E-state index in [1.54, 1.807) is 0 Å². The molecule has 4 nitrogen and oxygen atoms in total. The lowest BCUT2D eigenvalue weighted by molar-refractivity contribution is 0.387. The van der Waals surface area contributed by atoms with Gasteiger partial charge in [0.25, 0.3) is 0 Å². The third kappa shape index (κ3) is 1.85. The van der Waals surface area contributed by atoms with Gasteiger partial charge in [0.15, 0.2) is 0 Å². The topological polar surface area (TPSA) is 62.4 Å². The molecule has 80 valence electrons. The molecule has 0 heterocycles. The SMILES string of the molecule is CCN=C(NN)NC1CC2CCC1C2. The zero-order valence-electron chi connectivity index (χ0n) is 8.79. The second-order valence-corrected chi connectivity index (χ2v) is 4.39. The van der Waals surface area contributed by atoms with Gasteiger partial charge >= 0.3 is 0 Å². The van der Waals surface area contributed by atoms with Crippen molar-refractivity contribution in [2.24, 2.45) is 22.7 Å². The minimum Gasteiger partial charge on any atom is -0.352 e. The van der Waals surface area contributed by atoms with Gasteiger partial charge in [-0.2, -0.15) is 0 Å². The van der Waals surface area contributed by atoms with Crippen LogP contribution in [0.25, 0.3) is 0 Å². The summed E-state index contributed by atoms with van der Waals surface area (Å²) in [6.45, 7) is 2.78. The van der Waals surface area contributed by atoms with Gasteiger partial charge in [-0.1, -0.05) is 6.42 Å². The zero-order valence-corrected chi connectivity index (χ0v) is 8.79. The van der Waals surface area contributed by atoms with Crippen molar-refractivity contribution in [1.82, 2.24) is 10.7 Å². The molecule has 0 spiro atoms. The van der Waals surface area contributed by atoms with Crippen LogP contribution in [0.5, 0.6) is 0 Å². The maximum absolute atomic E-state index is 5.39. The second-order valence-electron chi connectivity index (χ2n) is 4.39. The minimum absolute atomic E-state index is 0.607. The zero-order chi connectivity index (χ0) is 9.97. The number of hydrazine groups is 1. The van der Waals surface area contributed by atoms with E-state index in [1.807, 2.05) is 6.92 Å². The molecule has 4 N–H and O–H groups in total. The summed E-state index contributed by atoms with van der Waals surface area (Å²) in [4.78, 5) is 4.26. The quantitative estimate of drug-likeness (QED) is 0.262. The predicted molar refractivity (Wildman–Crippen MR) is 57.7 cm³/mol. The van der Waals surface area contributed by atoms with Gasteiger partial charge in [0.2, 0.25) is 5.96 Å². The van der Waals surface area contributed by atoms with E-state index in [9.17, 15) is 0 Å². The number of fused-ring (bicyclic) bond motifs is 2. The molecule has 0 aliphatic heterocycles. The number of hydrogen-bond donors (Lipinski definition) is 3. The van der Waals surface area contributed by atoms with Crippen LogP contribution < -0.4 is 16.6 Å². The van der Waals surface area contributed by atoms with Crippen LogP contribution in [0.1, 0.15) is 32.6 Å². The molecule has 0 amide bonds. The molecule has 0 aromatic rings. The molecular weight excluding hydrogens is 176 g/mol. The number of nitrogens with two attached hydrogens (primary N) is 1. The van der Waals surface area contributed by atoms with E-state index < -0.39 is 0 Å². The normalized spacial score (nSPS) is 36.1. The smallest absolute Gasteiger partial charge is 0.205 e. The van der Waals surface area contributed by atoms with Crippen molar-refractivity contribution in [3.63, 3.8) is 0 Å².